The molecule has 1 fully saturated rings. The van der Waals surface area contributed by atoms with Crippen molar-refractivity contribution in [3.8, 4) is 0 Å². The van der Waals surface area contributed by atoms with Crippen LogP contribution >= 0.6 is 0 Å². The number of hydrogen-bond acceptors (Lipinski definition) is 1. The molecule has 1 unspecified atom stereocenters. The van der Waals surface area contributed by atoms with E-state index < -0.39 is 0 Å². The molecule has 1 aromatic carbocycles. The number of para-hydroxylation sites is 1. The summed E-state index contributed by atoms with van der Waals surface area (Å²) < 4.78 is 2.34. The van der Waals surface area contributed by atoms with Crippen molar-refractivity contribution in [3.05, 3.63) is 36.0 Å². The van der Waals surface area contributed by atoms with E-state index in [0.717, 1.165) is 5.92 Å². The van der Waals surface area contributed by atoms with Crippen molar-refractivity contribution in [2.24, 2.45) is 13.0 Å². The summed E-state index contributed by atoms with van der Waals surface area (Å²) in [6, 6.07) is 11.0. The summed E-state index contributed by atoms with van der Waals surface area (Å²) in [6.45, 7) is 2.37. The van der Waals surface area contributed by atoms with Gasteiger partial charge < -0.3 is 9.88 Å². The quantitative estimate of drug-likeness (QED) is 0.812. The van der Waals surface area contributed by atoms with E-state index in [2.05, 4.69) is 47.3 Å². The topological polar surface area (TPSA) is 17.0 Å². The minimum Gasteiger partial charge on any atom is -0.348 e. The molecule has 1 aliphatic heterocycles. The minimum atomic E-state index is 0.822. The molecule has 0 radical (unpaired) electrons. The van der Waals surface area contributed by atoms with Gasteiger partial charge in [-0.1, -0.05) is 18.2 Å². The van der Waals surface area contributed by atoms with Crippen molar-refractivity contribution in [1.82, 2.24) is 9.88 Å². The number of hydrogen-bond donors (Lipinski definition) is 1. The zero-order valence-electron chi connectivity index (χ0n) is 9.74. The van der Waals surface area contributed by atoms with Gasteiger partial charge in [-0.2, -0.15) is 0 Å². The molecule has 0 amide bonds. The molecule has 1 aliphatic rings. The van der Waals surface area contributed by atoms with Gasteiger partial charge in [0.25, 0.3) is 0 Å². The van der Waals surface area contributed by atoms with Gasteiger partial charge in [-0.05, 0) is 49.4 Å². The van der Waals surface area contributed by atoms with E-state index in [-0.39, 0.29) is 0 Å². The predicted octanol–water partition coefficient (Wildman–Crippen LogP) is 2.33. The summed E-state index contributed by atoms with van der Waals surface area (Å²) in [6.07, 6.45) is 2.53. The normalized spacial score (nSPS) is 20.7. The average Bonchev–Trinajstić information content (AvgIpc) is 2.90. The Morgan fingerprint density at radius 3 is 3.00 bits per heavy atom. The van der Waals surface area contributed by atoms with Crippen LogP contribution < -0.4 is 5.32 Å². The third kappa shape index (κ3) is 1.63. The van der Waals surface area contributed by atoms with Gasteiger partial charge >= 0.3 is 0 Å². The molecule has 0 aliphatic carbocycles. The molecule has 1 aromatic heterocycles. The van der Waals surface area contributed by atoms with Crippen LogP contribution in [0.25, 0.3) is 10.9 Å². The van der Waals surface area contributed by atoms with Crippen LogP contribution in [0.1, 0.15) is 12.1 Å². The second kappa shape index (κ2) is 3.95. The van der Waals surface area contributed by atoms with E-state index in [4.69, 9.17) is 0 Å². The van der Waals surface area contributed by atoms with Gasteiger partial charge in [0, 0.05) is 18.3 Å². The molecule has 2 heterocycles. The fourth-order valence-corrected chi connectivity index (χ4v) is 2.73. The zero-order chi connectivity index (χ0) is 11.0. The lowest BCUT2D eigenvalue weighted by Gasteiger charge is -2.09. The monoisotopic (exact) mass is 214 g/mol. The molecule has 84 valence electrons. The first kappa shape index (κ1) is 9.91. The maximum absolute atomic E-state index is 3.44. The standard InChI is InChI=1S/C14H18N2/c1-16-13(8-11-6-7-15-10-11)9-12-4-2-3-5-14(12)16/h2-5,9,11,15H,6-8,10H2,1H3. The third-order valence-corrected chi connectivity index (χ3v) is 3.71. The Morgan fingerprint density at radius 1 is 1.38 bits per heavy atom. The first-order valence-electron chi connectivity index (χ1n) is 6.08. The van der Waals surface area contributed by atoms with Gasteiger partial charge in [0.1, 0.15) is 0 Å². The molecule has 16 heavy (non-hydrogen) atoms. The van der Waals surface area contributed by atoms with E-state index in [0.29, 0.717) is 0 Å². The van der Waals surface area contributed by atoms with Crippen LogP contribution in [-0.2, 0) is 13.5 Å². The van der Waals surface area contributed by atoms with Crippen molar-refractivity contribution in [3.63, 3.8) is 0 Å². The van der Waals surface area contributed by atoms with E-state index in [1.54, 1.807) is 0 Å². The summed E-state index contributed by atoms with van der Waals surface area (Å²) >= 11 is 0. The summed E-state index contributed by atoms with van der Waals surface area (Å²) in [5.74, 6) is 0.822. The lowest BCUT2D eigenvalue weighted by atomic mass is 10.0. The zero-order valence-corrected chi connectivity index (χ0v) is 9.74. The molecule has 3 rings (SSSR count). The largest absolute Gasteiger partial charge is 0.348 e. The van der Waals surface area contributed by atoms with Crippen molar-refractivity contribution in [2.45, 2.75) is 12.8 Å². The molecule has 2 aromatic rings. The first-order chi connectivity index (χ1) is 7.84. The number of aromatic nitrogens is 1. The van der Waals surface area contributed by atoms with Gasteiger partial charge in [-0.15, -0.1) is 0 Å². The van der Waals surface area contributed by atoms with Gasteiger partial charge in [0.2, 0.25) is 0 Å². The molecule has 2 heteroatoms. The lowest BCUT2D eigenvalue weighted by Crippen LogP contribution is -2.12. The Bertz CT molecular complexity index is 492. The van der Waals surface area contributed by atoms with Crippen molar-refractivity contribution in [2.75, 3.05) is 13.1 Å². The second-order valence-electron chi connectivity index (χ2n) is 4.82. The molecule has 1 N–H and O–H groups in total. The molecule has 0 bridgehead atoms. The fourth-order valence-electron chi connectivity index (χ4n) is 2.73. The number of rotatable bonds is 2. The number of aryl methyl sites for hydroxylation is 1. The van der Waals surface area contributed by atoms with Crippen LogP contribution in [0.15, 0.2) is 30.3 Å². The molecule has 0 saturated carbocycles. The van der Waals surface area contributed by atoms with Crippen LogP contribution in [0, 0.1) is 5.92 Å². The highest BCUT2D eigenvalue weighted by molar-refractivity contribution is 5.81. The smallest absolute Gasteiger partial charge is 0.0479 e. The van der Waals surface area contributed by atoms with Crippen LogP contribution in [-0.4, -0.2) is 17.7 Å². The average molecular weight is 214 g/mol. The van der Waals surface area contributed by atoms with Crippen LogP contribution in [0.5, 0.6) is 0 Å². The van der Waals surface area contributed by atoms with Gasteiger partial charge in [0.05, 0.1) is 0 Å². The SMILES string of the molecule is Cn1c(CC2CCNC2)cc2ccccc21. The Balaban J connectivity index is 1.94. The Kier molecular flexibility index (Phi) is 2.44. The van der Waals surface area contributed by atoms with Gasteiger partial charge in [0.15, 0.2) is 0 Å². The number of benzene rings is 1. The number of nitrogens with zero attached hydrogens (tertiary/aromatic N) is 1. The highest BCUT2D eigenvalue weighted by Gasteiger charge is 2.16. The molecular weight excluding hydrogens is 196 g/mol. The van der Waals surface area contributed by atoms with E-state index >= 15 is 0 Å². The highest BCUT2D eigenvalue weighted by atomic mass is 15.0. The summed E-state index contributed by atoms with van der Waals surface area (Å²) in [4.78, 5) is 0. The Morgan fingerprint density at radius 2 is 2.25 bits per heavy atom. The molecule has 0 spiro atoms. The minimum absolute atomic E-state index is 0.822. The van der Waals surface area contributed by atoms with Gasteiger partial charge in [-0.3, -0.25) is 0 Å². The third-order valence-electron chi connectivity index (χ3n) is 3.71. The summed E-state index contributed by atoms with van der Waals surface area (Å²) in [5.41, 5.74) is 2.82. The van der Waals surface area contributed by atoms with Gasteiger partial charge in [-0.25, -0.2) is 0 Å². The van der Waals surface area contributed by atoms with Crippen LogP contribution in [0.3, 0.4) is 0 Å². The summed E-state index contributed by atoms with van der Waals surface area (Å²) in [5, 5.41) is 4.80. The second-order valence-corrected chi connectivity index (χ2v) is 4.82. The van der Waals surface area contributed by atoms with Crippen molar-refractivity contribution < 1.29 is 0 Å². The van der Waals surface area contributed by atoms with E-state index in [9.17, 15) is 0 Å². The molecule has 1 atom stereocenters. The first-order valence-corrected chi connectivity index (χ1v) is 6.08. The molecule has 2 nitrogen and oxygen atoms in total. The lowest BCUT2D eigenvalue weighted by molar-refractivity contribution is 0.562. The highest BCUT2D eigenvalue weighted by Crippen LogP contribution is 2.22. The molecule has 1 saturated heterocycles. The number of nitrogens with one attached hydrogen (secondary N) is 1. The van der Waals surface area contributed by atoms with Crippen molar-refractivity contribution in [1.29, 1.82) is 0 Å². The Hall–Kier alpha value is -1.28. The Labute approximate surface area is 96.3 Å². The fraction of sp³-hybridized carbons (Fsp3) is 0.429. The van der Waals surface area contributed by atoms with Crippen LogP contribution in [0.2, 0.25) is 0 Å². The van der Waals surface area contributed by atoms with Crippen molar-refractivity contribution >= 4 is 10.9 Å². The van der Waals surface area contributed by atoms with E-state index in [1.165, 1.54) is 42.5 Å². The van der Waals surface area contributed by atoms with Crippen LogP contribution in [0.4, 0.5) is 0 Å². The summed E-state index contributed by atoms with van der Waals surface area (Å²) in [7, 11) is 2.18. The maximum atomic E-state index is 3.44. The predicted molar refractivity (Wildman–Crippen MR) is 67.6 cm³/mol. The molecular formula is C14H18N2. The van der Waals surface area contributed by atoms with E-state index in [1.807, 2.05) is 0 Å². The maximum Gasteiger partial charge on any atom is 0.0479 e. The number of fused-ring (bicyclic) bond motifs is 1.